The van der Waals surface area contributed by atoms with E-state index in [0.717, 1.165) is 65.0 Å². The molecule has 0 unspecified atom stereocenters. The van der Waals surface area contributed by atoms with Crippen LogP contribution in [0.15, 0.2) is 166 Å². The van der Waals surface area contributed by atoms with Crippen LogP contribution in [-0.2, 0) is 0 Å². The van der Waals surface area contributed by atoms with E-state index in [1.807, 2.05) is 185 Å². The zero-order chi connectivity index (χ0) is 92.0. The largest absolute Gasteiger partial charge is 0.346 e. The number of nitrogens with zero attached hydrogens (tertiary/aromatic N) is 24. The predicted molar refractivity (Wildman–Crippen MR) is 500 cm³/mol. The van der Waals surface area contributed by atoms with Gasteiger partial charge in [0.15, 0.2) is 0 Å². The number of carbonyl (C=O) groups excluding carboxylic acids is 4. The van der Waals surface area contributed by atoms with Gasteiger partial charge in [0.05, 0.1) is 90.1 Å². The number of anilines is 8. The van der Waals surface area contributed by atoms with Gasteiger partial charge in [-0.2, -0.15) is 19.9 Å². The second-order valence-electron chi connectivity index (χ2n) is 35.2. The summed E-state index contributed by atoms with van der Waals surface area (Å²) < 4.78 is 34.8. The highest BCUT2D eigenvalue weighted by atomic mass is 35.5. The number of imidazole rings is 4. The van der Waals surface area contributed by atoms with Crippen molar-refractivity contribution in [1.29, 1.82) is 0 Å². The van der Waals surface area contributed by atoms with Gasteiger partial charge < -0.3 is 59.1 Å². The third-order valence-electron chi connectivity index (χ3n) is 24.4. The van der Waals surface area contributed by atoms with Crippen LogP contribution in [0.5, 0.6) is 0 Å². The number of rotatable bonds is 26. The van der Waals surface area contributed by atoms with E-state index in [9.17, 15) is 28.0 Å². The van der Waals surface area contributed by atoms with Gasteiger partial charge in [-0.05, 0) is 188 Å². The van der Waals surface area contributed by atoms with E-state index in [2.05, 4.69) is 126 Å². The molecule has 8 atom stereocenters. The summed E-state index contributed by atoms with van der Waals surface area (Å²) >= 11 is 18.0. The Morgan fingerprint density at radius 3 is 1.13 bits per heavy atom. The van der Waals surface area contributed by atoms with Crippen molar-refractivity contribution < 1.29 is 28.0 Å². The van der Waals surface area contributed by atoms with Gasteiger partial charge in [-0.15, -0.1) is 0 Å². The zero-order valence-corrected chi connectivity index (χ0v) is 78.0. The first-order chi connectivity index (χ1) is 61.7. The monoisotopic (exact) mass is 1820 g/mol. The van der Waals surface area contributed by atoms with Crippen molar-refractivity contribution in [2.24, 2.45) is 23.7 Å². The lowest BCUT2D eigenvalue weighted by Crippen LogP contribution is -2.38. The van der Waals surface area contributed by atoms with E-state index < -0.39 is 5.92 Å². The summed E-state index contributed by atoms with van der Waals surface area (Å²) in [4.78, 5) is 120. The molecular formula is C92H115Cl3F2N28O4. The Morgan fingerprint density at radius 1 is 0.395 bits per heavy atom. The normalized spacial score (nSPS) is 19.2. The van der Waals surface area contributed by atoms with Crippen molar-refractivity contribution in [2.45, 2.75) is 202 Å². The van der Waals surface area contributed by atoms with Gasteiger partial charge in [0.1, 0.15) is 29.1 Å². The average Bonchev–Trinajstić information content (AvgIpc) is 1.60. The summed E-state index contributed by atoms with van der Waals surface area (Å²) in [6.07, 6.45) is 22.7. The maximum atomic E-state index is 13.5. The Bertz CT molecular complexity index is 5660. The molecule has 0 bridgehead atoms. The first kappa shape index (κ1) is 93.0. The topological polar surface area (TPSA) is 317 Å². The lowest BCUT2D eigenvalue weighted by molar-refractivity contribution is -0.0439. The van der Waals surface area contributed by atoms with Crippen LogP contribution in [0.3, 0.4) is 0 Å². The molecule has 11 aromatic rings. The van der Waals surface area contributed by atoms with E-state index in [0.29, 0.717) is 125 Å². The molecule has 4 N–H and O–H groups in total. The Labute approximate surface area is 766 Å². The fraction of sp³-hybridized carbons (Fsp3) is 0.457. The SMILES string of the molecule is CC(C)[C@H]1CN(C)C(=O)N1c1ccnc(N[C@@H](C)c2cn(C3CCC(F)(F)CC3)cn2)n1.CC(C)[C@H]1CN(C2CC2)C(=O)N1c1ccnc(N[C@@H](C)c2cn(-c3ccc(Cl)cc3)cn2)n1.CCN1C[C@H](C(C)C)N(c2ccnc(N[C@@H](C)c3cn(-c4ccc(Cl)cc4)cn3)n2)C1=O.Cc1nc([C@H](C)Nc2nccc(N3C(=O)N(C)C[C@@H]3C(C)C)n2)cn1-c1ccc(Cl)cc1. The fourth-order valence-electron chi connectivity index (χ4n) is 16.5. The molecule has 4 aliphatic heterocycles. The number of urea groups is 4. The molecule has 37 heteroatoms. The summed E-state index contributed by atoms with van der Waals surface area (Å²) in [6, 6.07) is 30.1. The minimum absolute atomic E-state index is 0.00870. The number of likely N-dealkylation sites (N-methyl/N-ethyl adjacent to an activating group) is 3. The minimum atomic E-state index is -2.54. The number of amides is 8. The predicted octanol–water partition coefficient (Wildman–Crippen LogP) is 18.9. The Morgan fingerprint density at radius 2 is 0.744 bits per heavy atom. The van der Waals surface area contributed by atoms with Crippen LogP contribution in [0.1, 0.15) is 187 Å². The fourth-order valence-corrected chi connectivity index (χ4v) is 16.9. The standard InChI is InChI=1S/C24H28ClN7O.2C23H28ClN7O.C22H31F2N7O/c1-15(2)21-13-31(19-8-9-19)24(33)32(21)22-10-11-26-23(29-22)28-16(3)20-12-30(14-27-20)18-6-4-17(25)5-7-18;1-14(2)20-13-29(5)23(32)31(20)21-10-11-25-22(28-21)26-15(3)19-12-30(16(4)27-19)18-8-6-17(24)7-9-18;1-5-29-13-20(15(2)3)31(23(29)32)21-10-11-25-22(28-21)27-16(4)19-12-30(14-26-19)18-8-6-17(24)7-9-18;1-14(2)18-12-29(4)21(32)31(18)19-7-10-25-20(28-19)27-15(3)17-11-30(13-26-17)16-5-8-22(23,24)9-6-16/h4-7,10-12,14-16,19,21H,8-9,13H2,1-3H3,(H,26,28,29);6-12,14-15,20H,13H2,1-5H3,(H,25,26,28);6-12,14-16,20H,5,13H2,1-4H3,(H,25,27,28);7,10-11,13-16,18H,5-6,8-9,12H2,1-4H3,(H,25,27,28)/t16-,21+;15-,20+;16-,20+;15-,18+/m0000/s1. The number of benzene rings is 3. The molecule has 0 spiro atoms. The van der Waals surface area contributed by atoms with Gasteiger partial charge in [0, 0.05) is 153 Å². The molecule has 6 fully saturated rings. The molecule has 32 nitrogen and oxygen atoms in total. The Kier molecular flexibility index (Phi) is 29.0. The molecule has 8 aromatic heterocycles. The van der Waals surface area contributed by atoms with Crippen LogP contribution in [-0.4, -0.2) is 205 Å². The Hall–Kier alpha value is -12.2. The van der Waals surface area contributed by atoms with Gasteiger partial charge in [0.25, 0.3) is 0 Å². The number of alkyl halides is 2. The van der Waals surface area contributed by atoms with Crippen LogP contribution in [0.2, 0.25) is 15.1 Å². The molecule has 2 aliphatic carbocycles. The van der Waals surface area contributed by atoms with E-state index in [1.165, 1.54) is 0 Å². The number of nitrogens with one attached hydrogen (secondary N) is 4. The van der Waals surface area contributed by atoms with Crippen LogP contribution < -0.4 is 40.9 Å². The molecule has 129 heavy (non-hydrogen) atoms. The molecule has 682 valence electrons. The first-order valence-corrected chi connectivity index (χ1v) is 45.3. The zero-order valence-electron chi connectivity index (χ0n) is 75.7. The van der Waals surface area contributed by atoms with Crippen molar-refractivity contribution in [1.82, 2.24) is 97.7 Å². The minimum Gasteiger partial charge on any atom is -0.346 e. The summed E-state index contributed by atoms with van der Waals surface area (Å²) in [5.74, 6) is 3.80. The summed E-state index contributed by atoms with van der Waals surface area (Å²) in [7, 11) is 3.61. The van der Waals surface area contributed by atoms with E-state index in [-0.39, 0.29) is 97.3 Å². The third kappa shape index (κ3) is 21.9. The first-order valence-electron chi connectivity index (χ1n) is 44.1. The number of halogens is 5. The van der Waals surface area contributed by atoms with Crippen molar-refractivity contribution >= 4 is 106 Å². The Balaban J connectivity index is 0.000000139. The summed E-state index contributed by atoms with van der Waals surface area (Å²) in [5.41, 5.74) is 6.31. The van der Waals surface area contributed by atoms with E-state index in [1.54, 1.807) is 93.5 Å². The number of aromatic nitrogens is 16. The number of hydrogen-bond acceptors (Lipinski definition) is 20. The maximum Gasteiger partial charge on any atom is 0.326 e. The van der Waals surface area contributed by atoms with Gasteiger partial charge in [-0.3, -0.25) is 19.6 Å². The van der Waals surface area contributed by atoms with Crippen molar-refractivity contribution in [3.05, 3.63) is 209 Å². The molecule has 0 radical (unpaired) electrons. The molecule has 8 amide bonds. The van der Waals surface area contributed by atoms with Gasteiger partial charge in [-0.25, -0.2) is 67.8 Å². The van der Waals surface area contributed by atoms with Crippen LogP contribution >= 0.6 is 34.8 Å². The summed E-state index contributed by atoms with van der Waals surface area (Å²) in [6.45, 7) is 32.4. The van der Waals surface area contributed by atoms with Crippen LogP contribution in [0.4, 0.5) is 75.0 Å². The van der Waals surface area contributed by atoms with E-state index in [4.69, 9.17) is 44.8 Å². The molecule has 4 saturated heterocycles. The molecular weight excluding hydrogens is 1710 g/mol. The summed E-state index contributed by atoms with van der Waals surface area (Å²) in [5, 5.41) is 15.3. The van der Waals surface area contributed by atoms with Crippen LogP contribution in [0, 0.1) is 30.6 Å². The number of hydrogen-bond donors (Lipinski definition) is 4. The highest BCUT2D eigenvalue weighted by Crippen LogP contribution is 2.41. The average molecular weight is 1820 g/mol. The molecule has 2 saturated carbocycles. The highest BCUT2D eigenvalue weighted by molar-refractivity contribution is 6.31. The third-order valence-corrected chi connectivity index (χ3v) is 25.1. The van der Waals surface area contributed by atoms with Gasteiger partial charge in [-0.1, -0.05) is 90.2 Å². The van der Waals surface area contributed by atoms with Crippen LogP contribution in [0.25, 0.3) is 17.1 Å². The van der Waals surface area contributed by atoms with Crippen molar-refractivity contribution in [2.75, 3.05) is 87.7 Å². The second kappa shape index (κ2) is 40.2. The molecule has 6 aliphatic rings. The second-order valence-corrected chi connectivity index (χ2v) is 36.5. The number of carbonyl (C=O) groups is 4. The highest BCUT2D eigenvalue weighted by Gasteiger charge is 2.47. The van der Waals surface area contributed by atoms with Crippen molar-refractivity contribution in [3.63, 3.8) is 0 Å². The quantitative estimate of drug-likeness (QED) is 0.0391. The maximum absolute atomic E-state index is 13.5. The van der Waals surface area contributed by atoms with E-state index >= 15 is 0 Å². The lowest BCUT2D eigenvalue weighted by atomic mass is 9.92. The smallest absolute Gasteiger partial charge is 0.326 e. The molecule has 3 aromatic carbocycles. The van der Waals surface area contributed by atoms with Crippen molar-refractivity contribution in [3.8, 4) is 17.1 Å². The number of aryl methyl sites for hydroxylation is 1. The molecule has 12 heterocycles. The molecule has 17 rings (SSSR count). The van der Waals surface area contributed by atoms with Gasteiger partial charge >= 0.3 is 24.1 Å². The lowest BCUT2D eigenvalue weighted by Gasteiger charge is -2.28. The van der Waals surface area contributed by atoms with Gasteiger partial charge in [0.2, 0.25) is 29.7 Å².